The van der Waals surface area contributed by atoms with Crippen molar-refractivity contribution in [1.82, 2.24) is 14.8 Å². The molecule has 0 atom stereocenters. The Morgan fingerprint density at radius 1 is 1.28 bits per heavy atom. The van der Waals surface area contributed by atoms with E-state index in [1.807, 2.05) is 18.3 Å². The van der Waals surface area contributed by atoms with E-state index in [4.69, 9.17) is 10.2 Å². The highest BCUT2D eigenvalue weighted by molar-refractivity contribution is 5.77. The highest BCUT2D eigenvalue weighted by Crippen LogP contribution is 2.21. The van der Waals surface area contributed by atoms with Crippen molar-refractivity contribution >= 4 is 16.8 Å². The van der Waals surface area contributed by atoms with E-state index in [0.717, 1.165) is 11.2 Å². The normalized spacial score (nSPS) is 11.5. The molecule has 92 valence electrons. The predicted octanol–water partition coefficient (Wildman–Crippen LogP) is 2.72. The monoisotopic (exact) mass is 242 g/mol. The van der Waals surface area contributed by atoms with E-state index in [9.17, 15) is 0 Å². The van der Waals surface area contributed by atoms with Crippen molar-refractivity contribution in [3.8, 4) is 6.01 Å². The molecule has 0 saturated heterocycles. The van der Waals surface area contributed by atoms with E-state index in [2.05, 4.69) is 23.9 Å². The highest BCUT2D eigenvalue weighted by atomic mass is 16.4. The van der Waals surface area contributed by atoms with Gasteiger partial charge in [0.15, 0.2) is 5.58 Å². The van der Waals surface area contributed by atoms with Gasteiger partial charge in [-0.25, -0.2) is 0 Å². The summed E-state index contributed by atoms with van der Waals surface area (Å²) in [6.07, 6.45) is 1.85. The van der Waals surface area contributed by atoms with Gasteiger partial charge in [-0.05, 0) is 24.1 Å². The Labute approximate surface area is 104 Å². The molecule has 0 radical (unpaired) electrons. The third-order valence-corrected chi connectivity index (χ3v) is 2.80. The summed E-state index contributed by atoms with van der Waals surface area (Å²) in [6.45, 7) is 4.19. The molecule has 2 N–H and O–H groups in total. The van der Waals surface area contributed by atoms with Crippen molar-refractivity contribution < 1.29 is 4.42 Å². The highest BCUT2D eigenvalue weighted by Gasteiger charge is 2.10. The fourth-order valence-corrected chi connectivity index (χ4v) is 1.78. The van der Waals surface area contributed by atoms with E-state index in [1.54, 1.807) is 16.8 Å². The summed E-state index contributed by atoms with van der Waals surface area (Å²) in [7, 11) is 0. The topological polar surface area (TPSA) is 69.9 Å². The van der Waals surface area contributed by atoms with E-state index in [1.165, 1.54) is 0 Å². The Kier molecular flexibility index (Phi) is 2.33. The van der Waals surface area contributed by atoms with Crippen LogP contribution in [0.3, 0.4) is 0 Å². The predicted molar refractivity (Wildman–Crippen MR) is 69.6 cm³/mol. The molecule has 0 bridgehead atoms. The molecule has 1 aromatic carbocycles. The molecule has 0 aliphatic carbocycles. The summed E-state index contributed by atoms with van der Waals surface area (Å²) in [5, 5.41) is 4.43. The number of nitrogens with two attached hydrogens (primary N) is 1. The van der Waals surface area contributed by atoms with E-state index in [0.29, 0.717) is 23.2 Å². The Balaban J connectivity index is 2.07. The minimum Gasteiger partial charge on any atom is -0.422 e. The first-order chi connectivity index (χ1) is 8.63. The minimum absolute atomic E-state index is 0.381. The van der Waals surface area contributed by atoms with Crippen LogP contribution in [0.5, 0.6) is 0 Å². The van der Waals surface area contributed by atoms with Crippen LogP contribution in [0, 0.1) is 0 Å². The van der Waals surface area contributed by atoms with Crippen molar-refractivity contribution in [3.63, 3.8) is 0 Å². The van der Waals surface area contributed by atoms with Crippen molar-refractivity contribution in [2.75, 3.05) is 5.73 Å². The Morgan fingerprint density at radius 2 is 2.11 bits per heavy atom. The second-order valence-corrected chi connectivity index (χ2v) is 4.56. The van der Waals surface area contributed by atoms with Gasteiger partial charge in [-0.15, -0.1) is 0 Å². The lowest BCUT2D eigenvalue weighted by molar-refractivity contribution is 0.539. The molecule has 3 rings (SSSR count). The number of benzene rings is 1. The van der Waals surface area contributed by atoms with Crippen molar-refractivity contribution in [1.29, 1.82) is 0 Å². The molecule has 5 nitrogen and oxygen atoms in total. The van der Waals surface area contributed by atoms with Crippen LogP contribution in [0.25, 0.3) is 17.1 Å². The standard InChI is InChI=1S/C13H14N4O/c1-8(2)10-5-6-17(16-10)13-15-11-4-3-9(14)7-12(11)18-13/h3-8H,14H2,1-2H3. The summed E-state index contributed by atoms with van der Waals surface area (Å²) in [5.41, 5.74) is 8.83. The number of hydrogen-bond acceptors (Lipinski definition) is 4. The maximum absolute atomic E-state index is 5.71. The van der Waals surface area contributed by atoms with Crippen LogP contribution < -0.4 is 5.73 Å². The van der Waals surface area contributed by atoms with Gasteiger partial charge in [0.25, 0.3) is 0 Å². The maximum Gasteiger partial charge on any atom is 0.323 e. The molecule has 3 aromatic rings. The van der Waals surface area contributed by atoms with Crippen molar-refractivity contribution in [2.45, 2.75) is 19.8 Å². The van der Waals surface area contributed by atoms with Crippen molar-refractivity contribution in [2.24, 2.45) is 0 Å². The van der Waals surface area contributed by atoms with E-state index >= 15 is 0 Å². The number of fused-ring (bicyclic) bond motifs is 1. The molecular weight excluding hydrogens is 228 g/mol. The molecule has 0 saturated carbocycles. The van der Waals surface area contributed by atoms with Gasteiger partial charge < -0.3 is 10.2 Å². The van der Waals surface area contributed by atoms with Gasteiger partial charge in [0.05, 0.1) is 5.69 Å². The molecule has 0 aliphatic heterocycles. The van der Waals surface area contributed by atoms with Crippen LogP contribution in [0.4, 0.5) is 5.69 Å². The first-order valence-electron chi connectivity index (χ1n) is 5.85. The number of rotatable bonds is 2. The summed E-state index contributed by atoms with van der Waals surface area (Å²) in [6, 6.07) is 7.83. The lowest BCUT2D eigenvalue weighted by Gasteiger charge is -1.97. The molecular formula is C13H14N4O. The van der Waals surface area contributed by atoms with Gasteiger partial charge in [-0.1, -0.05) is 13.8 Å². The zero-order chi connectivity index (χ0) is 12.7. The fourth-order valence-electron chi connectivity index (χ4n) is 1.78. The zero-order valence-corrected chi connectivity index (χ0v) is 10.3. The van der Waals surface area contributed by atoms with Crippen LogP contribution in [-0.4, -0.2) is 14.8 Å². The molecule has 0 fully saturated rings. The fraction of sp³-hybridized carbons (Fsp3) is 0.231. The molecule has 2 aromatic heterocycles. The first kappa shape index (κ1) is 10.8. The average Bonchev–Trinajstić information content (AvgIpc) is 2.93. The lowest BCUT2D eigenvalue weighted by Crippen LogP contribution is -1.97. The Bertz CT molecular complexity index is 696. The largest absolute Gasteiger partial charge is 0.422 e. The second kappa shape index (κ2) is 3.87. The molecule has 0 aliphatic rings. The zero-order valence-electron chi connectivity index (χ0n) is 10.3. The summed E-state index contributed by atoms with van der Waals surface area (Å²) >= 11 is 0. The lowest BCUT2D eigenvalue weighted by atomic mass is 10.1. The van der Waals surface area contributed by atoms with Gasteiger partial charge in [0.1, 0.15) is 5.52 Å². The number of hydrogen-bond donors (Lipinski definition) is 1. The first-order valence-corrected chi connectivity index (χ1v) is 5.85. The number of nitrogens with zero attached hydrogens (tertiary/aromatic N) is 3. The molecule has 0 spiro atoms. The maximum atomic E-state index is 5.71. The quantitative estimate of drug-likeness (QED) is 0.701. The summed E-state index contributed by atoms with van der Waals surface area (Å²) in [4.78, 5) is 4.37. The Morgan fingerprint density at radius 3 is 2.83 bits per heavy atom. The van der Waals surface area contributed by atoms with Crippen LogP contribution in [-0.2, 0) is 0 Å². The molecule has 0 unspecified atom stereocenters. The molecule has 18 heavy (non-hydrogen) atoms. The summed E-state index contributed by atoms with van der Waals surface area (Å²) < 4.78 is 7.28. The third-order valence-electron chi connectivity index (χ3n) is 2.80. The van der Waals surface area contributed by atoms with Gasteiger partial charge in [-0.2, -0.15) is 14.8 Å². The van der Waals surface area contributed by atoms with Crippen LogP contribution in [0.15, 0.2) is 34.9 Å². The summed E-state index contributed by atoms with van der Waals surface area (Å²) in [5.74, 6) is 0.381. The smallest absolute Gasteiger partial charge is 0.323 e. The van der Waals surface area contributed by atoms with Gasteiger partial charge >= 0.3 is 6.01 Å². The molecule has 2 heterocycles. The second-order valence-electron chi connectivity index (χ2n) is 4.56. The number of aromatic nitrogens is 3. The third kappa shape index (κ3) is 1.73. The van der Waals surface area contributed by atoms with Gasteiger partial charge in [-0.3, -0.25) is 0 Å². The molecule has 5 heteroatoms. The van der Waals surface area contributed by atoms with E-state index in [-0.39, 0.29) is 0 Å². The molecule has 0 amide bonds. The van der Waals surface area contributed by atoms with Crippen LogP contribution in [0.2, 0.25) is 0 Å². The Hall–Kier alpha value is -2.30. The average molecular weight is 242 g/mol. The van der Waals surface area contributed by atoms with E-state index < -0.39 is 0 Å². The van der Waals surface area contributed by atoms with Gasteiger partial charge in [0, 0.05) is 18.0 Å². The van der Waals surface area contributed by atoms with Crippen LogP contribution >= 0.6 is 0 Å². The number of nitrogen functional groups attached to an aromatic ring is 1. The SMILES string of the molecule is CC(C)c1ccn(-c2nc3ccc(N)cc3o2)n1. The number of anilines is 1. The minimum atomic E-state index is 0.381. The van der Waals surface area contributed by atoms with Crippen molar-refractivity contribution in [3.05, 3.63) is 36.2 Å². The number of oxazole rings is 1. The van der Waals surface area contributed by atoms with Gasteiger partial charge in [0.2, 0.25) is 0 Å². The van der Waals surface area contributed by atoms with Crippen LogP contribution in [0.1, 0.15) is 25.5 Å².